The molecule has 0 spiro atoms. The fourth-order valence-corrected chi connectivity index (χ4v) is 6.19. The SMILES string of the molecule is c1ccc(-n2cnc3ccccc32)c(Nc2cccc3oc4ccc(-n5c6ccccc6c6[nH]ccc65)cc4c23)c1. The van der Waals surface area contributed by atoms with Crippen molar-refractivity contribution >= 4 is 66.3 Å². The van der Waals surface area contributed by atoms with Crippen LogP contribution < -0.4 is 5.32 Å². The van der Waals surface area contributed by atoms with Crippen molar-refractivity contribution in [2.75, 3.05) is 5.32 Å². The summed E-state index contributed by atoms with van der Waals surface area (Å²) in [5.41, 5.74) is 11.3. The molecule has 9 rings (SSSR count). The number of benzene rings is 5. The van der Waals surface area contributed by atoms with E-state index in [0.717, 1.165) is 66.8 Å². The normalized spacial score (nSPS) is 11.9. The Labute approximate surface area is 234 Å². The van der Waals surface area contributed by atoms with E-state index in [-0.39, 0.29) is 0 Å². The Kier molecular flexibility index (Phi) is 4.51. The molecule has 41 heavy (non-hydrogen) atoms. The highest BCUT2D eigenvalue weighted by atomic mass is 16.3. The Balaban J connectivity index is 1.23. The number of para-hydroxylation sites is 5. The molecule has 0 fully saturated rings. The molecule has 4 heterocycles. The number of rotatable bonds is 4. The smallest absolute Gasteiger partial charge is 0.137 e. The van der Waals surface area contributed by atoms with Crippen LogP contribution >= 0.6 is 0 Å². The summed E-state index contributed by atoms with van der Waals surface area (Å²) in [5.74, 6) is 0. The van der Waals surface area contributed by atoms with Gasteiger partial charge in [0.05, 0.1) is 50.0 Å². The maximum Gasteiger partial charge on any atom is 0.137 e. The molecule has 0 atom stereocenters. The molecule has 0 bridgehead atoms. The second-order valence-corrected chi connectivity index (χ2v) is 10.3. The monoisotopic (exact) mass is 529 g/mol. The number of nitrogens with one attached hydrogen (secondary N) is 2. The highest BCUT2D eigenvalue weighted by Gasteiger charge is 2.17. The average Bonchev–Trinajstić information content (AvgIpc) is 3.79. The van der Waals surface area contributed by atoms with Gasteiger partial charge in [0.1, 0.15) is 17.5 Å². The van der Waals surface area contributed by atoms with Crippen molar-refractivity contribution in [1.29, 1.82) is 0 Å². The Morgan fingerprint density at radius 1 is 0.659 bits per heavy atom. The maximum atomic E-state index is 6.35. The third-order valence-electron chi connectivity index (χ3n) is 8.00. The maximum absolute atomic E-state index is 6.35. The van der Waals surface area contributed by atoms with Gasteiger partial charge in [0, 0.05) is 22.7 Å². The van der Waals surface area contributed by atoms with Gasteiger partial charge in [-0.3, -0.25) is 4.57 Å². The first kappa shape index (κ1) is 22.1. The molecule has 194 valence electrons. The largest absolute Gasteiger partial charge is 0.456 e. The van der Waals surface area contributed by atoms with Crippen LogP contribution in [-0.4, -0.2) is 19.1 Å². The summed E-state index contributed by atoms with van der Waals surface area (Å²) < 4.78 is 10.8. The topological polar surface area (TPSA) is 63.7 Å². The number of H-pyrrole nitrogens is 1. The number of aromatic amines is 1. The predicted octanol–water partition coefficient (Wildman–Crippen LogP) is 9.09. The molecule has 0 aliphatic heterocycles. The highest BCUT2D eigenvalue weighted by Crippen LogP contribution is 2.39. The van der Waals surface area contributed by atoms with Crippen LogP contribution in [0.4, 0.5) is 11.4 Å². The van der Waals surface area contributed by atoms with Gasteiger partial charge in [-0.05, 0) is 66.7 Å². The number of imidazole rings is 1. The molecule has 5 aromatic carbocycles. The van der Waals surface area contributed by atoms with E-state index in [1.807, 2.05) is 42.9 Å². The van der Waals surface area contributed by atoms with Gasteiger partial charge in [0.15, 0.2) is 0 Å². The summed E-state index contributed by atoms with van der Waals surface area (Å²) in [5, 5.41) is 7.05. The highest BCUT2D eigenvalue weighted by molar-refractivity contribution is 6.13. The summed E-state index contributed by atoms with van der Waals surface area (Å²) in [4.78, 5) is 8.04. The zero-order valence-electron chi connectivity index (χ0n) is 21.9. The summed E-state index contributed by atoms with van der Waals surface area (Å²) in [6.07, 6.45) is 3.89. The molecule has 2 N–H and O–H groups in total. The van der Waals surface area contributed by atoms with E-state index in [0.29, 0.717) is 0 Å². The number of fused-ring (bicyclic) bond motifs is 7. The third kappa shape index (κ3) is 3.22. The first-order valence-electron chi connectivity index (χ1n) is 13.6. The van der Waals surface area contributed by atoms with Crippen molar-refractivity contribution in [3.63, 3.8) is 0 Å². The summed E-state index contributed by atoms with van der Waals surface area (Å²) in [6, 6.07) is 39.8. The minimum atomic E-state index is 0.844. The summed E-state index contributed by atoms with van der Waals surface area (Å²) in [7, 11) is 0. The fourth-order valence-electron chi connectivity index (χ4n) is 6.19. The van der Waals surface area contributed by atoms with Crippen LogP contribution in [0.5, 0.6) is 0 Å². The molecule has 0 amide bonds. The van der Waals surface area contributed by atoms with Crippen molar-refractivity contribution in [2.24, 2.45) is 0 Å². The van der Waals surface area contributed by atoms with E-state index in [1.54, 1.807) is 0 Å². The van der Waals surface area contributed by atoms with E-state index < -0.39 is 0 Å². The number of hydrogen-bond acceptors (Lipinski definition) is 3. The Bertz CT molecular complexity index is 2420. The molecule has 6 heteroatoms. The van der Waals surface area contributed by atoms with Gasteiger partial charge in [-0.2, -0.15) is 0 Å². The summed E-state index contributed by atoms with van der Waals surface area (Å²) >= 11 is 0. The zero-order valence-corrected chi connectivity index (χ0v) is 21.9. The summed E-state index contributed by atoms with van der Waals surface area (Å²) in [6.45, 7) is 0. The van der Waals surface area contributed by atoms with Crippen molar-refractivity contribution in [3.8, 4) is 11.4 Å². The second-order valence-electron chi connectivity index (χ2n) is 10.3. The lowest BCUT2D eigenvalue weighted by molar-refractivity contribution is 0.669. The van der Waals surface area contributed by atoms with Crippen molar-refractivity contribution < 1.29 is 4.42 Å². The molecule has 0 saturated carbocycles. The predicted molar refractivity (Wildman–Crippen MR) is 167 cm³/mol. The van der Waals surface area contributed by atoms with Crippen LogP contribution in [0.3, 0.4) is 0 Å². The van der Waals surface area contributed by atoms with Gasteiger partial charge in [0.25, 0.3) is 0 Å². The zero-order chi connectivity index (χ0) is 26.9. The van der Waals surface area contributed by atoms with Crippen molar-refractivity contribution in [3.05, 3.63) is 128 Å². The van der Waals surface area contributed by atoms with Gasteiger partial charge in [-0.1, -0.05) is 48.5 Å². The molecule has 0 saturated heterocycles. The van der Waals surface area contributed by atoms with Gasteiger partial charge in [0.2, 0.25) is 0 Å². The number of hydrogen-bond donors (Lipinski definition) is 2. The number of anilines is 2. The molecule has 6 nitrogen and oxygen atoms in total. The molecule has 9 aromatic rings. The Hall–Kier alpha value is -5.75. The molecule has 4 aromatic heterocycles. The van der Waals surface area contributed by atoms with Gasteiger partial charge < -0.3 is 19.3 Å². The first-order chi connectivity index (χ1) is 20.3. The third-order valence-corrected chi connectivity index (χ3v) is 8.00. The molecular weight excluding hydrogens is 506 g/mol. The standard InChI is InChI=1S/C35H23N5O/c1-4-12-28-23(8-1)35-31(18-19-36-35)40(28)22-16-17-32-24(20-22)34-27(11-7-15-33(34)41-32)38-26-10-3-6-14-30(26)39-21-37-25-9-2-5-13-29(25)39/h1-21,36,38H. The minimum Gasteiger partial charge on any atom is -0.456 e. The lowest BCUT2D eigenvalue weighted by Crippen LogP contribution is -1.99. The molecule has 0 radical (unpaired) electrons. The van der Waals surface area contributed by atoms with E-state index in [9.17, 15) is 0 Å². The van der Waals surface area contributed by atoms with Gasteiger partial charge >= 0.3 is 0 Å². The molecule has 0 unspecified atom stereocenters. The van der Waals surface area contributed by atoms with E-state index >= 15 is 0 Å². The van der Waals surface area contributed by atoms with E-state index in [4.69, 9.17) is 4.42 Å². The van der Waals surface area contributed by atoms with Crippen LogP contribution in [0.2, 0.25) is 0 Å². The molecule has 0 aliphatic carbocycles. The van der Waals surface area contributed by atoms with E-state index in [1.165, 1.54) is 10.9 Å². The van der Waals surface area contributed by atoms with Crippen LogP contribution in [0.1, 0.15) is 0 Å². The second kappa shape index (κ2) is 8.37. The van der Waals surface area contributed by atoms with Crippen LogP contribution in [0.25, 0.3) is 66.3 Å². The van der Waals surface area contributed by atoms with Crippen LogP contribution in [-0.2, 0) is 0 Å². The van der Waals surface area contributed by atoms with Crippen molar-refractivity contribution in [1.82, 2.24) is 19.1 Å². The average molecular weight is 530 g/mol. The lowest BCUT2D eigenvalue weighted by Gasteiger charge is -2.14. The first-order valence-corrected chi connectivity index (χ1v) is 13.6. The molecular formula is C35H23N5O. The van der Waals surface area contributed by atoms with Gasteiger partial charge in [-0.25, -0.2) is 4.98 Å². The number of nitrogens with zero attached hydrogens (tertiary/aromatic N) is 3. The lowest BCUT2D eigenvalue weighted by atomic mass is 10.1. The quantitative estimate of drug-likeness (QED) is 0.239. The number of furan rings is 1. The Morgan fingerprint density at radius 2 is 1.49 bits per heavy atom. The minimum absolute atomic E-state index is 0.844. The van der Waals surface area contributed by atoms with Gasteiger partial charge in [-0.15, -0.1) is 0 Å². The van der Waals surface area contributed by atoms with Crippen molar-refractivity contribution in [2.45, 2.75) is 0 Å². The van der Waals surface area contributed by atoms with Crippen LogP contribution in [0.15, 0.2) is 132 Å². The van der Waals surface area contributed by atoms with Crippen LogP contribution in [0, 0.1) is 0 Å². The Morgan fingerprint density at radius 3 is 2.46 bits per heavy atom. The molecule has 0 aliphatic rings. The fraction of sp³-hybridized carbons (Fsp3) is 0. The number of aromatic nitrogens is 4. The van der Waals surface area contributed by atoms with E-state index in [2.05, 4.69) is 109 Å².